The molecule has 0 saturated heterocycles. The van der Waals surface area contributed by atoms with Crippen molar-refractivity contribution in [3.8, 4) is 5.75 Å². The third kappa shape index (κ3) is 7.14. The predicted octanol–water partition coefficient (Wildman–Crippen LogP) is 4.53. The molecular weight excluding hydrogens is 560 g/mol. The Balaban J connectivity index is 1.76. The smallest absolute Gasteiger partial charge is 0.228 e. The van der Waals surface area contributed by atoms with E-state index in [0.29, 0.717) is 24.6 Å². The molecule has 1 aliphatic heterocycles. The average Bonchev–Trinajstić information content (AvgIpc) is 3.18. The van der Waals surface area contributed by atoms with Crippen LogP contribution in [0.3, 0.4) is 0 Å². The minimum atomic E-state index is -0.832. The van der Waals surface area contributed by atoms with Crippen LogP contribution in [0.4, 0.5) is 11.4 Å². The first-order valence-electron chi connectivity index (χ1n) is 14.5. The lowest BCUT2D eigenvalue weighted by atomic mass is 9.68. The third-order valence-electron chi connectivity index (χ3n) is 8.48. The Morgan fingerprint density at radius 2 is 1.98 bits per heavy atom. The molecule has 1 aliphatic rings. The lowest BCUT2D eigenvalue weighted by Gasteiger charge is -2.38. The van der Waals surface area contributed by atoms with E-state index in [2.05, 4.69) is 35.0 Å². The highest BCUT2D eigenvalue weighted by molar-refractivity contribution is 8.11. The summed E-state index contributed by atoms with van der Waals surface area (Å²) in [5, 5.41) is 1.51. The van der Waals surface area contributed by atoms with Gasteiger partial charge in [-0.2, -0.15) is 0 Å². The first kappa shape index (κ1) is 32.3. The minimum absolute atomic E-state index is 0.00195. The topological polar surface area (TPSA) is 118 Å². The highest BCUT2D eigenvalue weighted by Gasteiger charge is 2.41. The Hall–Kier alpha value is -3.60. The van der Waals surface area contributed by atoms with Crippen molar-refractivity contribution in [1.82, 2.24) is 14.8 Å². The zero-order valence-corrected chi connectivity index (χ0v) is 26.9. The van der Waals surface area contributed by atoms with Crippen molar-refractivity contribution in [2.45, 2.75) is 46.7 Å². The Bertz CT molecular complexity index is 1460. The first-order valence-corrected chi connectivity index (χ1v) is 15.6. The van der Waals surface area contributed by atoms with Crippen molar-refractivity contribution < 1.29 is 14.3 Å². The number of aryl methyl sites for hydroxylation is 1. The Morgan fingerprint density at radius 3 is 2.70 bits per heavy atom. The molecule has 0 bridgehead atoms. The van der Waals surface area contributed by atoms with Gasteiger partial charge in [0.15, 0.2) is 5.62 Å². The van der Waals surface area contributed by atoms with Crippen LogP contribution < -0.4 is 21.3 Å². The molecule has 2 heterocycles. The summed E-state index contributed by atoms with van der Waals surface area (Å²) in [6, 6.07) is 12.4. The van der Waals surface area contributed by atoms with Crippen LogP contribution in [0.5, 0.6) is 5.75 Å². The number of nitrogen functional groups attached to an aromatic ring is 1. The summed E-state index contributed by atoms with van der Waals surface area (Å²) in [6.45, 7) is 11.5. The number of thioether (sulfide) groups is 1. The van der Waals surface area contributed by atoms with Crippen molar-refractivity contribution in [2.75, 3.05) is 50.3 Å². The first-order chi connectivity index (χ1) is 20.4. The van der Waals surface area contributed by atoms with Crippen LogP contribution in [-0.2, 0) is 22.7 Å². The van der Waals surface area contributed by atoms with Gasteiger partial charge in [0.25, 0.3) is 0 Å². The van der Waals surface area contributed by atoms with Gasteiger partial charge in [0, 0.05) is 69.9 Å². The molecule has 9 nitrogen and oxygen atoms in total. The average molecular weight is 605 g/mol. The largest absolute Gasteiger partial charge is 0.492 e. The molecule has 1 unspecified atom stereocenters. The SMILES string of the molecule is Cc1ccc(C(c2ccc(N(C)N)c(N)c2C)C(C)(C)C(=O)N(C)CCSC=O)cc1CN1CCOc2ccncc2C1. The molecule has 4 N–H and O–H groups in total. The maximum atomic E-state index is 14.1. The Kier molecular flexibility index (Phi) is 10.4. The second-order valence-electron chi connectivity index (χ2n) is 11.9. The second kappa shape index (κ2) is 13.8. The molecule has 230 valence electrons. The maximum absolute atomic E-state index is 14.1. The van der Waals surface area contributed by atoms with Gasteiger partial charge in [-0.25, -0.2) is 5.84 Å². The van der Waals surface area contributed by atoms with E-state index in [1.807, 2.05) is 45.2 Å². The number of carbonyl (C=O) groups is 2. The highest BCUT2D eigenvalue weighted by atomic mass is 32.2. The van der Waals surface area contributed by atoms with Gasteiger partial charge in [-0.3, -0.25) is 19.5 Å². The van der Waals surface area contributed by atoms with Crippen LogP contribution in [0.1, 0.15) is 53.1 Å². The fraction of sp³-hybridized carbons (Fsp3) is 0.424. The molecule has 0 radical (unpaired) electrons. The number of benzene rings is 2. The van der Waals surface area contributed by atoms with Crippen LogP contribution in [-0.4, -0.2) is 65.9 Å². The van der Waals surface area contributed by atoms with E-state index in [0.717, 1.165) is 58.9 Å². The maximum Gasteiger partial charge on any atom is 0.228 e. The van der Waals surface area contributed by atoms with Gasteiger partial charge >= 0.3 is 0 Å². The van der Waals surface area contributed by atoms with E-state index >= 15 is 0 Å². The number of pyridine rings is 1. The van der Waals surface area contributed by atoms with Crippen molar-refractivity contribution in [1.29, 1.82) is 0 Å². The molecule has 2 aromatic carbocycles. The van der Waals surface area contributed by atoms with Gasteiger partial charge < -0.3 is 20.4 Å². The Labute approximate surface area is 259 Å². The molecule has 0 fully saturated rings. The number of ether oxygens (including phenoxy) is 1. The summed E-state index contributed by atoms with van der Waals surface area (Å²) in [5.41, 5.74) is 14.3. The summed E-state index contributed by atoms with van der Waals surface area (Å²) in [6.07, 6.45) is 3.64. The van der Waals surface area contributed by atoms with E-state index in [4.69, 9.17) is 16.3 Å². The normalized spacial score (nSPS) is 14.3. The monoisotopic (exact) mass is 604 g/mol. The molecule has 0 saturated carbocycles. The van der Waals surface area contributed by atoms with Gasteiger partial charge in [0.1, 0.15) is 12.4 Å². The zero-order chi connectivity index (χ0) is 31.3. The van der Waals surface area contributed by atoms with Crippen LogP contribution in [0.15, 0.2) is 48.8 Å². The number of anilines is 2. The molecule has 1 atom stereocenters. The fourth-order valence-electron chi connectivity index (χ4n) is 5.99. The van der Waals surface area contributed by atoms with Crippen molar-refractivity contribution in [3.63, 3.8) is 0 Å². The lowest BCUT2D eigenvalue weighted by molar-refractivity contribution is -0.139. The van der Waals surface area contributed by atoms with Crippen molar-refractivity contribution in [3.05, 3.63) is 82.2 Å². The predicted molar refractivity (Wildman–Crippen MR) is 176 cm³/mol. The number of carbonyl (C=O) groups excluding carboxylic acids is 2. The molecule has 4 rings (SSSR count). The van der Waals surface area contributed by atoms with Gasteiger partial charge in [-0.1, -0.05) is 49.9 Å². The fourth-order valence-corrected chi connectivity index (χ4v) is 6.46. The number of hydrogen-bond donors (Lipinski definition) is 2. The van der Waals surface area contributed by atoms with E-state index < -0.39 is 5.41 Å². The summed E-state index contributed by atoms with van der Waals surface area (Å²) < 4.78 is 5.98. The number of nitrogens with zero attached hydrogens (tertiary/aromatic N) is 4. The third-order valence-corrected chi connectivity index (χ3v) is 9.03. The zero-order valence-electron chi connectivity index (χ0n) is 26.1. The molecular formula is C33H44N6O3S. The standard InChI is InChI=1S/C33H44N6O3S/c1-22-7-8-24(17-25(22)19-39-13-15-42-29-11-12-36-18-26(29)20-39)30(27-9-10-28(38(6)35)31(34)23(27)2)33(3,4)32(41)37(5)14-16-43-21-40/h7-12,17-18,21,30H,13-16,19-20,34-35H2,1-6H3. The number of aromatic nitrogens is 1. The summed E-state index contributed by atoms with van der Waals surface area (Å²) in [5.74, 6) is 7.20. The van der Waals surface area contributed by atoms with Gasteiger partial charge in [-0.15, -0.1) is 0 Å². The van der Waals surface area contributed by atoms with Crippen LogP contribution >= 0.6 is 11.8 Å². The number of hydrazine groups is 1. The number of hydrogen-bond acceptors (Lipinski definition) is 9. The molecule has 3 aromatic rings. The van der Waals surface area contributed by atoms with E-state index in [9.17, 15) is 9.59 Å². The number of rotatable bonds is 11. The molecule has 0 spiro atoms. The quantitative estimate of drug-likeness (QED) is 0.107. The summed E-state index contributed by atoms with van der Waals surface area (Å²) in [7, 11) is 3.56. The van der Waals surface area contributed by atoms with Crippen LogP contribution in [0, 0.1) is 19.3 Å². The second-order valence-corrected chi connectivity index (χ2v) is 12.8. The summed E-state index contributed by atoms with van der Waals surface area (Å²) >= 11 is 1.17. The van der Waals surface area contributed by atoms with Crippen LogP contribution in [0.25, 0.3) is 0 Å². The Morgan fingerprint density at radius 1 is 1.21 bits per heavy atom. The number of amides is 1. The number of nitrogens with two attached hydrogens (primary N) is 2. The minimum Gasteiger partial charge on any atom is -0.492 e. The van der Waals surface area contributed by atoms with E-state index in [-0.39, 0.29) is 11.8 Å². The highest BCUT2D eigenvalue weighted by Crippen LogP contribution is 2.46. The van der Waals surface area contributed by atoms with Gasteiger partial charge in [-0.05, 0) is 53.8 Å². The molecule has 10 heteroatoms. The van der Waals surface area contributed by atoms with Crippen LogP contribution in [0.2, 0.25) is 0 Å². The molecule has 1 aromatic heterocycles. The van der Waals surface area contributed by atoms with Crippen molar-refractivity contribution in [2.24, 2.45) is 11.3 Å². The molecule has 1 amide bonds. The van der Waals surface area contributed by atoms with E-state index in [1.54, 1.807) is 25.2 Å². The van der Waals surface area contributed by atoms with Crippen molar-refractivity contribution >= 4 is 34.7 Å². The van der Waals surface area contributed by atoms with Gasteiger partial charge in [0.05, 0.1) is 16.8 Å². The summed E-state index contributed by atoms with van der Waals surface area (Å²) in [4.78, 5) is 33.4. The van der Waals surface area contributed by atoms with E-state index in [1.165, 1.54) is 27.9 Å². The van der Waals surface area contributed by atoms with Gasteiger partial charge in [0.2, 0.25) is 5.91 Å². The molecule has 43 heavy (non-hydrogen) atoms. The molecule has 0 aliphatic carbocycles. The lowest BCUT2D eigenvalue weighted by Crippen LogP contribution is -2.43. The number of fused-ring (bicyclic) bond motifs is 1.